The first-order valence-electron chi connectivity index (χ1n) is 4.72. The van der Waals surface area contributed by atoms with E-state index in [1.54, 1.807) is 7.05 Å². The van der Waals surface area contributed by atoms with Crippen LogP contribution in [-0.2, 0) is 16.8 Å². The molecule has 0 aliphatic rings. The Hall–Kier alpha value is -0.430. The molecule has 6 heteroatoms. The van der Waals surface area contributed by atoms with Crippen molar-refractivity contribution in [2.24, 2.45) is 0 Å². The second-order valence-electron chi connectivity index (χ2n) is 3.67. The summed E-state index contributed by atoms with van der Waals surface area (Å²) in [7, 11) is 1.28. The van der Waals surface area contributed by atoms with Crippen LogP contribution in [0.2, 0.25) is 0 Å². The molecule has 0 aromatic heterocycles. The second kappa shape index (κ2) is 5.27. The first kappa shape index (κ1) is 13.6. The molecule has 0 radical (unpaired) electrons. The van der Waals surface area contributed by atoms with Crippen molar-refractivity contribution in [2.45, 2.75) is 6.54 Å². The summed E-state index contributed by atoms with van der Waals surface area (Å²) in [4.78, 5) is 0. The minimum Gasteiger partial charge on any atom is -0.195 e. The molecule has 0 amide bonds. The predicted octanol–water partition coefficient (Wildman–Crippen LogP) is 1.69. The fraction of sp³-hybridized carbons (Fsp3) is 0.400. The third kappa shape index (κ3) is 3.28. The van der Waals surface area contributed by atoms with Gasteiger partial charge in [-0.2, -0.15) is 17.0 Å². The molecule has 0 bridgehead atoms. The SMILES string of the molecule is CN(C)S(=O)(=O)N(C)Cc1ccc(Br)cc1. The van der Waals surface area contributed by atoms with E-state index in [2.05, 4.69) is 15.9 Å². The summed E-state index contributed by atoms with van der Waals surface area (Å²) >= 11 is 3.33. The molecule has 0 aliphatic heterocycles. The number of benzene rings is 1. The molecule has 0 N–H and O–H groups in total. The second-order valence-corrected chi connectivity index (χ2v) is 6.84. The zero-order valence-electron chi connectivity index (χ0n) is 9.51. The zero-order chi connectivity index (χ0) is 12.3. The minimum atomic E-state index is -3.33. The molecule has 0 atom stereocenters. The fourth-order valence-electron chi connectivity index (χ4n) is 1.21. The van der Waals surface area contributed by atoms with Gasteiger partial charge >= 0.3 is 0 Å². The summed E-state index contributed by atoms with van der Waals surface area (Å²) < 4.78 is 27.0. The van der Waals surface area contributed by atoms with Crippen molar-refractivity contribution < 1.29 is 8.42 Å². The van der Waals surface area contributed by atoms with Crippen LogP contribution in [0.25, 0.3) is 0 Å². The molecular formula is C10H15BrN2O2S. The molecule has 1 aromatic carbocycles. The van der Waals surface area contributed by atoms with Gasteiger partial charge in [0.25, 0.3) is 10.2 Å². The van der Waals surface area contributed by atoms with Crippen LogP contribution in [0, 0.1) is 0 Å². The normalized spacial score (nSPS) is 12.4. The van der Waals surface area contributed by atoms with Gasteiger partial charge in [-0.15, -0.1) is 0 Å². The van der Waals surface area contributed by atoms with Gasteiger partial charge < -0.3 is 0 Å². The van der Waals surface area contributed by atoms with Crippen LogP contribution in [0.4, 0.5) is 0 Å². The lowest BCUT2D eigenvalue weighted by Crippen LogP contribution is -2.36. The minimum absolute atomic E-state index is 0.369. The highest BCUT2D eigenvalue weighted by molar-refractivity contribution is 9.10. The molecule has 0 heterocycles. The van der Waals surface area contributed by atoms with E-state index >= 15 is 0 Å². The lowest BCUT2D eigenvalue weighted by Gasteiger charge is -2.21. The van der Waals surface area contributed by atoms with Crippen molar-refractivity contribution in [1.82, 2.24) is 8.61 Å². The monoisotopic (exact) mass is 306 g/mol. The van der Waals surface area contributed by atoms with Crippen LogP contribution in [0.3, 0.4) is 0 Å². The standard InChI is InChI=1S/C10H15BrN2O2S/c1-12(2)16(14,15)13(3)8-9-4-6-10(11)7-5-9/h4-7H,8H2,1-3H3. The Balaban J connectivity index is 2.79. The molecule has 1 aromatic rings. The third-order valence-corrected chi connectivity index (χ3v) is 4.54. The van der Waals surface area contributed by atoms with E-state index in [9.17, 15) is 8.42 Å². The van der Waals surface area contributed by atoms with E-state index in [0.29, 0.717) is 6.54 Å². The van der Waals surface area contributed by atoms with Gasteiger partial charge in [-0.3, -0.25) is 0 Å². The quantitative estimate of drug-likeness (QED) is 0.849. The molecule has 0 unspecified atom stereocenters. The van der Waals surface area contributed by atoms with Gasteiger partial charge in [-0.05, 0) is 17.7 Å². The summed E-state index contributed by atoms with van der Waals surface area (Å²) in [5.41, 5.74) is 0.955. The largest absolute Gasteiger partial charge is 0.281 e. The Kier molecular flexibility index (Phi) is 4.49. The van der Waals surface area contributed by atoms with Crippen LogP contribution in [0.15, 0.2) is 28.7 Å². The summed E-state index contributed by atoms with van der Waals surface area (Å²) in [6.45, 7) is 0.369. The van der Waals surface area contributed by atoms with E-state index in [0.717, 1.165) is 10.0 Å². The highest BCUT2D eigenvalue weighted by atomic mass is 79.9. The number of halogens is 1. The van der Waals surface area contributed by atoms with E-state index < -0.39 is 10.2 Å². The summed E-state index contributed by atoms with van der Waals surface area (Å²) in [5.74, 6) is 0. The summed E-state index contributed by atoms with van der Waals surface area (Å²) in [5, 5.41) is 0. The average molecular weight is 307 g/mol. The van der Waals surface area contributed by atoms with Crippen molar-refractivity contribution in [2.75, 3.05) is 21.1 Å². The highest BCUT2D eigenvalue weighted by Gasteiger charge is 2.20. The zero-order valence-corrected chi connectivity index (χ0v) is 11.9. The lowest BCUT2D eigenvalue weighted by atomic mass is 10.2. The topological polar surface area (TPSA) is 40.6 Å². The van der Waals surface area contributed by atoms with Crippen LogP contribution in [0.1, 0.15) is 5.56 Å². The van der Waals surface area contributed by atoms with E-state index in [4.69, 9.17) is 0 Å². The van der Waals surface area contributed by atoms with Crippen LogP contribution in [-0.4, -0.2) is 38.2 Å². The average Bonchev–Trinajstić information content (AvgIpc) is 2.21. The van der Waals surface area contributed by atoms with Crippen molar-refractivity contribution in [3.8, 4) is 0 Å². The maximum atomic E-state index is 11.7. The molecule has 0 aliphatic carbocycles. The van der Waals surface area contributed by atoms with Gasteiger partial charge in [-0.25, -0.2) is 0 Å². The molecule has 0 fully saturated rings. The molecule has 90 valence electrons. The first-order chi connectivity index (χ1) is 7.34. The molecule has 0 saturated carbocycles. The number of rotatable bonds is 4. The predicted molar refractivity (Wildman–Crippen MR) is 68.2 cm³/mol. The maximum absolute atomic E-state index is 11.7. The van der Waals surface area contributed by atoms with E-state index in [1.165, 1.54) is 22.7 Å². The Morgan fingerprint density at radius 3 is 2.06 bits per heavy atom. The Morgan fingerprint density at radius 2 is 1.62 bits per heavy atom. The maximum Gasteiger partial charge on any atom is 0.281 e. The highest BCUT2D eigenvalue weighted by Crippen LogP contribution is 2.13. The first-order valence-corrected chi connectivity index (χ1v) is 6.91. The Labute approximate surface area is 105 Å². The van der Waals surface area contributed by atoms with Gasteiger partial charge in [0, 0.05) is 32.2 Å². The van der Waals surface area contributed by atoms with Gasteiger partial charge in [0.2, 0.25) is 0 Å². The van der Waals surface area contributed by atoms with Crippen LogP contribution < -0.4 is 0 Å². The Morgan fingerprint density at radius 1 is 1.12 bits per heavy atom. The number of hydrogen-bond donors (Lipinski definition) is 0. The molecule has 0 saturated heterocycles. The molecule has 4 nitrogen and oxygen atoms in total. The van der Waals surface area contributed by atoms with Crippen LogP contribution in [0.5, 0.6) is 0 Å². The molecule has 0 spiro atoms. The van der Waals surface area contributed by atoms with Crippen molar-refractivity contribution in [3.63, 3.8) is 0 Å². The van der Waals surface area contributed by atoms with Crippen molar-refractivity contribution in [1.29, 1.82) is 0 Å². The van der Waals surface area contributed by atoms with Gasteiger partial charge in [-0.1, -0.05) is 28.1 Å². The van der Waals surface area contributed by atoms with Crippen molar-refractivity contribution in [3.05, 3.63) is 34.3 Å². The number of nitrogens with zero attached hydrogens (tertiary/aromatic N) is 2. The van der Waals surface area contributed by atoms with Gasteiger partial charge in [0.05, 0.1) is 0 Å². The van der Waals surface area contributed by atoms with Gasteiger partial charge in [0.1, 0.15) is 0 Å². The molecular weight excluding hydrogens is 292 g/mol. The van der Waals surface area contributed by atoms with Crippen LogP contribution >= 0.6 is 15.9 Å². The summed E-state index contributed by atoms with van der Waals surface area (Å²) in [6.07, 6.45) is 0. The number of hydrogen-bond acceptors (Lipinski definition) is 2. The van der Waals surface area contributed by atoms with Crippen molar-refractivity contribution >= 4 is 26.1 Å². The smallest absolute Gasteiger partial charge is 0.195 e. The Bertz CT molecular complexity index is 442. The lowest BCUT2D eigenvalue weighted by molar-refractivity contribution is 0.414. The van der Waals surface area contributed by atoms with Gasteiger partial charge in [0.15, 0.2) is 0 Å². The summed E-state index contributed by atoms with van der Waals surface area (Å²) in [6, 6.07) is 7.58. The molecule has 16 heavy (non-hydrogen) atoms. The fourth-order valence-corrected chi connectivity index (χ4v) is 2.34. The third-order valence-electron chi connectivity index (χ3n) is 2.17. The molecule has 1 rings (SSSR count). The van der Waals surface area contributed by atoms with E-state index in [1.807, 2.05) is 24.3 Å². The van der Waals surface area contributed by atoms with E-state index in [-0.39, 0.29) is 0 Å².